The standard InChI is InChI=1S/C10H7N3O5/c1-18-9-8(10(14)15)11-6-3-2-5(13(16)17)4-7(6)12-9/h2-4H,1H3,(H,14,15). The molecule has 1 N–H and O–H groups in total. The Kier molecular flexibility index (Phi) is 2.76. The largest absolute Gasteiger partial charge is 0.479 e. The van der Waals surface area contributed by atoms with Crippen LogP contribution in [0.5, 0.6) is 5.88 Å². The normalized spacial score (nSPS) is 10.3. The SMILES string of the molecule is COc1nc2cc([N+](=O)[O-])ccc2nc1C(=O)O. The molecule has 0 aliphatic carbocycles. The number of nitrogens with zero attached hydrogens (tertiary/aromatic N) is 3. The van der Waals surface area contributed by atoms with Crippen molar-refractivity contribution >= 4 is 22.7 Å². The van der Waals surface area contributed by atoms with Gasteiger partial charge in [-0.15, -0.1) is 0 Å². The molecule has 2 aromatic rings. The van der Waals surface area contributed by atoms with Gasteiger partial charge in [-0.2, -0.15) is 0 Å². The van der Waals surface area contributed by atoms with Crippen molar-refractivity contribution in [2.45, 2.75) is 0 Å². The van der Waals surface area contributed by atoms with E-state index < -0.39 is 10.9 Å². The van der Waals surface area contributed by atoms with Crippen molar-refractivity contribution in [3.05, 3.63) is 34.0 Å². The highest BCUT2D eigenvalue weighted by Gasteiger charge is 2.17. The Morgan fingerprint density at radius 2 is 2.11 bits per heavy atom. The van der Waals surface area contributed by atoms with Gasteiger partial charge in [0.15, 0.2) is 0 Å². The maximum atomic E-state index is 10.9. The maximum Gasteiger partial charge on any atom is 0.360 e. The number of aromatic nitrogens is 2. The van der Waals surface area contributed by atoms with E-state index in [1.54, 1.807) is 0 Å². The third-order valence-corrected chi connectivity index (χ3v) is 2.22. The van der Waals surface area contributed by atoms with Gasteiger partial charge in [-0.1, -0.05) is 0 Å². The summed E-state index contributed by atoms with van der Waals surface area (Å²) in [7, 11) is 1.25. The number of carboxylic acids is 1. The maximum absolute atomic E-state index is 10.9. The summed E-state index contributed by atoms with van der Waals surface area (Å²) in [4.78, 5) is 28.7. The summed E-state index contributed by atoms with van der Waals surface area (Å²) in [5, 5.41) is 19.5. The zero-order valence-electron chi connectivity index (χ0n) is 9.15. The molecule has 1 heterocycles. The minimum absolute atomic E-state index is 0.151. The lowest BCUT2D eigenvalue weighted by Crippen LogP contribution is -2.06. The summed E-state index contributed by atoms with van der Waals surface area (Å²) < 4.78 is 4.79. The number of methoxy groups -OCH3 is 1. The zero-order valence-corrected chi connectivity index (χ0v) is 9.15. The molecule has 1 aromatic heterocycles. The minimum Gasteiger partial charge on any atom is -0.479 e. The van der Waals surface area contributed by atoms with Crippen LogP contribution < -0.4 is 4.74 Å². The number of benzene rings is 1. The van der Waals surface area contributed by atoms with E-state index in [2.05, 4.69) is 9.97 Å². The molecule has 0 fully saturated rings. The fourth-order valence-electron chi connectivity index (χ4n) is 1.42. The van der Waals surface area contributed by atoms with Gasteiger partial charge >= 0.3 is 5.97 Å². The number of hydrogen-bond acceptors (Lipinski definition) is 6. The summed E-state index contributed by atoms with van der Waals surface area (Å²) >= 11 is 0. The first kappa shape index (κ1) is 11.7. The van der Waals surface area contributed by atoms with Crippen molar-refractivity contribution in [3.8, 4) is 5.88 Å². The number of ether oxygens (including phenoxy) is 1. The van der Waals surface area contributed by atoms with Crippen molar-refractivity contribution in [1.82, 2.24) is 9.97 Å². The number of aromatic carboxylic acids is 1. The van der Waals surface area contributed by atoms with Crippen LogP contribution in [0.2, 0.25) is 0 Å². The second-order valence-corrected chi connectivity index (χ2v) is 3.32. The van der Waals surface area contributed by atoms with Gasteiger partial charge in [0, 0.05) is 12.1 Å². The number of fused-ring (bicyclic) bond motifs is 1. The van der Waals surface area contributed by atoms with Crippen LogP contribution in [-0.2, 0) is 0 Å². The molecule has 0 saturated heterocycles. The third kappa shape index (κ3) is 1.90. The molecule has 0 aliphatic heterocycles. The fourth-order valence-corrected chi connectivity index (χ4v) is 1.42. The van der Waals surface area contributed by atoms with E-state index in [1.807, 2.05) is 0 Å². The molecule has 0 bridgehead atoms. The predicted octanol–water partition coefficient (Wildman–Crippen LogP) is 1.24. The molecule has 0 spiro atoms. The van der Waals surface area contributed by atoms with E-state index in [-0.39, 0.29) is 28.3 Å². The number of hydrogen-bond donors (Lipinski definition) is 1. The van der Waals surface area contributed by atoms with Crippen molar-refractivity contribution in [3.63, 3.8) is 0 Å². The Labute approximate surface area is 100 Å². The molecule has 8 nitrogen and oxygen atoms in total. The van der Waals surface area contributed by atoms with E-state index in [4.69, 9.17) is 9.84 Å². The van der Waals surface area contributed by atoms with Crippen LogP contribution in [0.15, 0.2) is 18.2 Å². The molecular weight excluding hydrogens is 242 g/mol. The van der Waals surface area contributed by atoms with Crippen LogP contribution in [-0.4, -0.2) is 33.1 Å². The zero-order chi connectivity index (χ0) is 13.3. The molecule has 8 heteroatoms. The van der Waals surface area contributed by atoms with Crippen molar-refractivity contribution in [2.75, 3.05) is 7.11 Å². The molecule has 0 aliphatic rings. The van der Waals surface area contributed by atoms with Crippen LogP contribution in [0.25, 0.3) is 11.0 Å². The van der Waals surface area contributed by atoms with E-state index in [1.165, 1.54) is 25.3 Å². The lowest BCUT2D eigenvalue weighted by Gasteiger charge is -2.04. The summed E-state index contributed by atoms with van der Waals surface area (Å²) in [6.45, 7) is 0. The third-order valence-electron chi connectivity index (χ3n) is 2.22. The average Bonchev–Trinajstić information content (AvgIpc) is 2.36. The topological polar surface area (TPSA) is 115 Å². The lowest BCUT2D eigenvalue weighted by atomic mass is 10.2. The number of nitro benzene ring substituents is 1. The predicted molar refractivity (Wildman–Crippen MR) is 59.7 cm³/mol. The Balaban J connectivity index is 2.71. The van der Waals surface area contributed by atoms with Crippen LogP contribution in [0.1, 0.15) is 10.5 Å². The number of carboxylic acid groups (broad SMARTS) is 1. The van der Waals surface area contributed by atoms with Crippen LogP contribution in [0, 0.1) is 10.1 Å². The van der Waals surface area contributed by atoms with Gasteiger partial charge in [0.1, 0.15) is 0 Å². The first-order chi connectivity index (χ1) is 8.52. The highest BCUT2D eigenvalue weighted by atomic mass is 16.6. The van der Waals surface area contributed by atoms with Gasteiger partial charge in [0.25, 0.3) is 5.69 Å². The number of carbonyl (C=O) groups is 1. The Morgan fingerprint density at radius 3 is 2.67 bits per heavy atom. The molecule has 0 amide bonds. The molecule has 2 rings (SSSR count). The number of rotatable bonds is 3. The average molecular weight is 249 g/mol. The van der Waals surface area contributed by atoms with Gasteiger partial charge in [0.05, 0.1) is 23.1 Å². The Bertz CT molecular complexity index is 655. The second-order valence-electron chi connectivity index (χ2n) is 3.32. The molecule has 0 radical (unpaired) electrons. The quantitative estimate of drug-likeness (QED) is 0.642. The Morgan fingerprint density at radius 1 is 1.39 bits per heavy atom. The summed E-state index contributed by atoms with van der Waals surface area (Å²) in [6, 6.07) is 3.78. The lowest BCUT2D eigenvalue weighted by molar-refractivity contribution is -0.384. The van der Waals surface area contributed by atoms with E-state index in [0.29, 0.717) is 0 Å². The monoisotopic (exact) mass is 249 g/mol. The summed E-state index contributed by atoms with van der Waals surface area (Å²) in [6.07, 6.45) is 0. The molecule has 18 heavy (non-hydrogen) atoms. The van der Waals surface area contributed by atoms with E-state index in [9.17, 15) is 14.9 Å². The highest BCUT2D eigenvalue weighted by molar-refractivity contribution is 5.91. The molecular formula is C10H7N3O5. The van der Waals surface area contributed by atoms with Gasteiger partial charge in [-0.3, -0.25) is 10.1 Å². The van der Waals surface area contributed by atoms with Crippen molar-refractivity contribution in [1.29, 1.82) is 0 Å². The second kappa shape index (κ2) is 4.24. The molecule has 0 unspecified atom stereocenters. The first-order valence-electron chi connectivity index (χ1n) is 4.76. The minimum atomic E-state index is -1.28. The fraction of sp³-hybridized carbons (Fsp3) is 0.100. The first-order valence-corrected chi connectivity index (χ1v) is 4.76. The molecule has 0 atom stereocenters. The molecule has 1 aromatic carbocycles. The molecule has 0 saturated carbocycles. The number of nitro groups is 1. The smallest absolute Gasteiger partial charge is 0.360 e. The summed E-state index contributed by atoms with van der Waals surface area (Å²) in [5.74, 6) is -1.46. The summed E-state index contributed by atoms with van der Waals surface area (Å²) in [5.41, 5.74) is -0.0365. The van der Waals surface area contributed by atoms with Gasteiger partial charge in [-0.25, -0.2) is 14.8 Å². The van der Waals surface area contributed by atoms with Crippen LogP contribution >= 0.6 is 0 Å². The highest BCUT2D eigenvalue weighted by Crippen LogP contribution is 2.22. The number of non-ortho nitro benzene ring substituents is 1. The van der Waals surface area contributed by atoms with Crippen LogP contribution in [0.3, 0.4) is 0 Å². The van der Waals surface area contributed by atoms with E-state index in [0.717, 1.165) is 0 Å². The van der Waals surface area contributed by atoms with Crippen LogP contribution in [0.4, 0.5) is 5.69 Å². The molecule has 92 valence electrons. The van der Waals surface area contributed by atoms with Gasteiger partial charge < -0.3 is 9.84 Å². The van der Waals surface area contributed by atoms with Crippen molar-refractivity contribution < 1.29 is 19.6 Å². The van der Waals surface area contributed by atoms with Gasteiger partial charge in [0.2, 0.25) is 11.6 Å². The van der Waals surface area contributed by atoms with Gasteiger partial charge in [-0.05, 0) is 6.07 Å². The van der Waals surface area contributed by atoms with Crippen molar-refractivity contribution in [2.24, 2.45) is 0 Å². The van der Waals surface area contributed by atoms with E-state index >= 15 is 0 Å². The Hall–Kier alpha value is -2.77.